The third kappa shape index (κ3) is 6.10. The molecular weight excluding hydrogens is 917 g/mol. The number of benzene rings is 12. The van der Waals surface area contributed by atoms with Gasteiger partial charge in [0, 0.05) is 39.4 Å². The number of aromatic nitrogens is 1. The lowest BCUT2D eigenvalue weighted by Crippen LogP contribution is -2.26. The highest BCUT2D eigenvalue weighted by atomic mass is 15.1. The van der Waals surface area contributed by atoms with E-state index in [4.69, 9.17) is 0 Å². The summed E-state index contributed by atoms with van der Waals surface area (Å²) in [6.07, 6.45) is 0. The summed E-state index contributed by atoms with van der Waals surface area (Å²) in [5, 5.41) is 2.49. The van der Waals surface area contributed by atoms with Crippen molar-refractivity contribution >= 4 is 38.9 Å². The van der Waals surface area contributed by atoms with Crippen molar-refractivity contribution in [1.29, 1.82) is 0 Å². The van der Waals surface area contributed by atoms with E-state index in [1.54, 1.807) is 0 Å². The van der Waals surface area contributed by atoms with E-state index in [0.29, 0.717) is 0 Å². The fourth-order valence-corrected chi connectivity index (χ4v) is 13.8. The van der Waals surface area contributed by atoms with Crippen molar-refractivity contribution in [1.82, 2.24) is 4.57 Å². The molecule has 1 unspecified atom stereocenters. The summed E-state index contributed by atoms with van der Waals surface area (Å²) >= 11 is 0. The van der Waals surface area contributed by atoms with Crippen molar-refractivity contribution in [2.45, 2.75) is 11.3 Å². The Bertz CT molecular complexity index is 4390. The first-order chi connectivity index (χ1) is 37.7. The molecule has 0 saturated carbocycles. The summed E-state index contributed by atoms with van der Waals surface area (Å²) in [5.74, 6) is 0.0880. The van der Waals surface area contributed by atoms with Crippen LogP contribution in [0.5, 0.6) is 0 Å². The molecule has 1 aromatic heterocycles. The van der Waals surface area contributed by atoms with Crippen LogP contribution in [0.2, 0.25) is 0 Å². The second-order valence-electron chi connectivity index (χ2n) is 20.7. The van der Waals surface area contributed by atoms with E-state index < -0.39 is 5.41 Å². The first-order valence-electron chi connectivity index (χ1n) is 26.5. The van der Waals surface area contributed by atoms with Crippen LogP contribution in [-0.4, -0.2) is 4.57 Å². The molecule has 0 aliphatic heterocycles. The van der Waals surface area contributed by atoms with Gasteiger partial charge in [0.1, 0.15) is 0 Å². The Morgan fingerprint density at radius 2 is 0.816 bits per heavy atom. The highest BCUT2D eigenvalue weighted by Gasteiger charge is 2.51. The molecule has 1 heterocycles. The molecule has 0 radical (unpaired) electrons. The van der Waals surface area contributed by atoms with E-state index in [2.05, 4.69) is 295 Å². The van der Waals surface area contributed by atoms with Crippen molar-refractivity contribution < 1.29 is 0 Å². The summed E-state index contributed by atoms with van der Waals surface area (Å²) in [6.45, 7) is 0. The van der Waals surface area contributed by atoms with E-state index in [-0.39, 0.29) is 5.92 Å². The zero-order valence-electron chi connectivity index (χ0n) is 41.6. The summed E-state index contributed by atoms with van der Waals surface area (Å²) < 4.78 is 2.41. The largest absolute Gasteiger partial charge is 0.310 e. The molecule has 0 N–H and O–H groups in total. The third-order valence-corrected chi connectivity index (χ3v) is 16.9. The average Bonchev–Trinajstić information content (AvgIpc) is 4.23. The van der Waals surface area contributed by atoms with E-state index in [1.807, 2.05) is 0 Å². The van der Waals surface area contributed by atoms with Crippen LogP contribution < -0.4 is 4.90 Å². The molecule has 0 bridgehead atoms. The van der Waals surface area contributed by atoms with E-state index in [0.717, 1.165) is 22.7 Å². The van der Waals surface area contributed by atoms with Crippen LogP contribution in [0.25, 0.3) is 83.1 Å². The first-order valence-corrected chi connectivity index (χ1v) is 26.5. The van der Waals surface area contributed by atoms with Gasteiger partial charge in [0.05, 0.1) is 16.4 Å². The molecule has 2 heteroatoms. The zero-order valence-corrected chi connectivity index (χ0v) is 41.6. The lowest BCUT2D eigenvalue weighted by molar-refractivity contribution is 0.793. The molecule has 354 valence electrons. The normalized spacial score (nSPS) is 14.0. The molecule has 0 saturated heterocycles. The number of hydrogen-bond acceptors (Lipinski definition) is 1. The van der Waals surface area contributed by atoms with Gasteiger partial charge in [-0.25, -0.2) is 0 Å². The maximum absolute atomic E-state index is 2.48. The van der Waals surface area contributed by atoms with Gasteiger partial charge in [-0.15, -0.1) is 0 Å². The van der Waals surface area contributed by atoms with Crippen LogP contribution in [-0.2, 0) is 5.41 Å². The third-order valence-electron chi connectivity index (χ3n) is 16.9. The van der Waals surface area contributed by atoms with Crippen LogP contribution in [0.15, 0.2) is 285 Å². The number of nitrogens with zero attached hydrogens (tertiary/aromatic N) is 2. The minimum absolute atomic E-state index is 0.0880. The first kappa shape index (κ1) is 42.7. The molecule has 3 aliphatic rings. The van der Waals surface area contributed by atoms with E-state index in [9.17, 15) is 0 Å². The second-order valence-corrected chi connectivity index (χ2v) is 20.7. The average molecular weight is 965 g/mol. The molecule has 13 aromatic rings. The van der Waals surface area contributed by atoms with Crippen molar-refractivity contribution in [3.8, 4) is 61.3 Å². The fourth-order valence-electron chi connectivity index (χ4n) is 13.8. The quantitative estimate of drug-likeness (QED) is 0.155. The molecular formula is C74H48N2. The minimum atomic E-state index is -0.436. The van der Waals surface area contributed by atoms with Gasteiger partial charge in [0.15, 0.2) is 0 Å². The second kappa shape index (κ2) is 16.6. The van der Waals surface area contributed by atoms with Crippen molar-refractivity contribution in [2.24, 2.45) is 0 Å². The molecule has 12 aromatic carbocycles. The topological polar surface area (TPSA) is 8.17 Å². The molecule has 1 atom stereocenters. The number of fused-ring (bicyclic) bond motifs is 16. The lowest BCUT2D eigenvalue weighted by Gasteiger charge is -2.32. The standard InChI is InChI=1S/C74H48N2/c1-4-20-49(21-5-1)72-62-31-11-10-26-56(62)65-46-51(45-63(73(65)72)50-38-43-71-64(44-50)61-30-15-19-35-70(61)76(71)53-24-8-3-9-25-53)48-36-39-54(40-37-48)75(52-22-6-2-7-23-52)55-41-42-60-59-29-14-18-34-68(59)74(69(60)47-55)66-32-16-12-27-57(66)58-28-13-17-33-67(58)74/h1-47,72H. The Labute approximate surface area is 442 Å². The Morgan fingerprint density at radius 1 is 0.303 bits per heavy atom. The Hall–Kier alpha value is -9.76. The van der Waals surface area contributed by atoms with Gasteiger partial charge < -0.3 is 9.47 Å². The highest BCUT2D eigenvalue weighted by molar-refractivity contribution is 6.11. The molecule has 16 rings (SSSR count). The van der Waals surface area contributed by atoms with Crippen LogP contribution in [0.3, 0.4) is 0 Å². The summed E-state index contributed by atoms with van der Waals surface area (Å²) in [7, 11) is 0. The SMILES string of the molecule is c1ccc(C2c3ccccc3-c3cc(-c4ccc(N(c5ccccc5)c5ccc6c(c5)C5(c7ccccc7-c7ccccc75)c5ccccc5-6)cc4)cc(-c4ccc5c(c4)c4ccccc4n5-c4ccccc4)c32)cc1. The predicted molar refractivity (Wildman–Crippen MR) is 315 cm³/mol. The maximum Gasteiger partial charge on any atom is 0.0726 e. The van der Waals surface area contributed by atoms with Crippen LogP contribution >= 0.6 is 0 Å². The van der Waals surface area contributed by atoms with Crippen molar-refractivity contribution in [3.63, 3.8) is 0 Å². The molecule has 0 fully saturated rings. The Morgan fingerprint density at radius 3 is 1.51 bits per heavy atom. The van der Waals surface area contributed by atoms with Gasteiger partial charge in [0.2, 0.25) is 0 Å². The van der Waals surface area contributed by atoms with E-state index in [1.165, 1.54) is 116 Å². The number of para-hydroxylation sites is 3. The molecule has 3 aliphatic carbocycles. The molecule has 1 spiro atoms. The molecule has 76 heavy (non-hydrogen) atoms. The Kier molecular flexibility index (Phi) is 9.35. The van der Waals surface area contributed by atoms with Crippen LogP contribution in [0.1, 0.15) is 44.9 Å². The van der Waals surface area contributed by atoms with Gasteiger partial charge in [-0.2, -0.15) is 0 Å². The lowest BCUT2D eigenvalue weighted by atomic mass is 9.70. The predicted octanol–water partition coefficient (Wildman–Crippen LogP) is 19.1. The van der Waals surface area contributed by atoms with Gasteiger partial charge in [-0.3, -0.25) is 0 Å². The smallest absolute Gasteiger partial charge is 0.0726 e. The van der Waals surface area contributed by atoms with Crippen LogP contribution in [0.4, 0.5) is 17.1 Å². The summed E-state index contributed by atoms with van der Waals surface area (Å²) in [5.41, 5.74) is 28.5. The molecule has 0 amide bonds. The number of rotatable bonds is 7. The van der Waals surface area contributed by atoms with Crippen molar-refractivity contribution in [2.75, 3.05) is 4.90 Å². The summed E-state index contributed by atoms with van der Waals surface area (Å²) in [6, 6.07) is 106. The maximum atomic E-state index is 2.48. The monoisotopic (exact) mass is 964 g/mol. The minimum Gasteiger partial charge on any atom is -0.310 e. The fraction of sp³-hybridized carbons (Fsp3) is 0.0270. The van der Waals surface area contributed by atoms with E-state index >= 15 is 0 Å². The number of hydrogen-bond donors (Lipinski definition) is 0. The van der Waals surface area contributed by atoms with Gasteiger partial charge in [0.25, 0.3) is 0 Å². The Balaban J connectivity index is 0.869. The molecule has 2 nitrogen and oxygen atoms in total. The van der Waals surface area contributed by atoms with Gasteiger partial charge in [-0.05, 0) is 173 Å². The number of anilines is 3. The van der Waals surface area contributed by atoms with Gasteiger partial charge >= 0.3 is 0 Å². The zero-order chi connectivity index (χ0) is 49.9. The van der Waals surface area contributed by atoms with Crippen molar-refractivity contribution in [3.05, 3.63) is 324 Å². The summed E-state index contributed by atoms with van der Waals surface area (Å²) in [4.78, 5) is 2.43. The van der Waals surface area contributed by atoms with Gasteiger partial charge in [-0.1, -0.05) is 206 Å². The van der Waals surface area contributed by atoms with Crippen LogP contribution in [0, 0.1) is 0 Å². The highest BCUT2D eigenvalue weighted by Crippen LogP contribution is 2.63.